The number of fused-ring (bicyclic) bond motifs is 1. The lowest BCUT2D eigenvalue weighted by atomic mass is 10.2. The third-order valence-electron chi connectivity index (χ3n) is 3.86. The van der Waals surface area contributed by atoms with Gasteiger partial charge in [0.1, 0.15) is 11.3 Å². The molecule has 0 fully saturated rings. The lowest BCUT2D eigenvalue weighted by Crippen LogP contribution is -2.00. The number of rotatable bonds is 4. The monoisotopic (exact) mass is 344 g/mol. The van der Waals surface area contributed by atoms with Crippen molar-refractivity contribution in [3.63, 3.8) is 0 Å². The summed E-state index contributed by atoms with van der Waals surface area (Å²) in [5.41, 5.74) is 2.14. The summed E-state index contributed by atoms with van der Waals surface area (Å²) >= 11 is 0. The van der Waals surface area contributed by atoms with Crippen molar-refractivity contribution in [1.82, 2.24) is 15.0 Å². The van der Waals surface area contributed by atoms with Gasteiger partial charge in [-0.3, -0.25) is 0 Å². The van der Waals surface area contributed by atoms with Gasteiger partial charge < -0.3 is 15.2 Å². The number of benzene rings is 2. The van der Waals surface area contributed by atoms with Crippen molar-refractivity contribution >= 4 is 22.4 Å². The van der Waals surface area contributed by atoms with Gasteiger partial charge in [-0.15, -0.1) is 0 Å². The van der Waals surface area contributed by atoms with E-state index in [4.69, 9.17) is 4.74 Å². The number of nitrogens with one attached hydrogen (secondary N) is 1. The van der Waals surface area contributed by atoms with Crippen LogP contribution in [0.2, 0.25) is 0 Å². The minimum atomic E-state index is -0.142. The number of pyridine rings is 1. The largest absolute Gasteiger partial charge is 0.493 e. The standard InChI is InChI=1S/C20H16N4O2/c1-13-12-21-18(22-14-8-4-2-5-9-14)17-16(13)19(25)24-20(23-17)26-15-10-6-3-7-11-15/h2-12H,1H3,(H,21,22)(H,23,24,25). The average Bonchev–Trinajstić information content (AvgIpc) is 2.65. The minimum Gasteiger partial charge on any atom is -0.493 e. The van der Waals surface area contributed by atoms with E-state index < -0.39 is 0 Å². The van der Waals surface area contributed by atoms with Gasteiger partial charge in [-0.2, -0.15) is 9.97 Å². The van der Waals surface area contributed by atoms with Crippen LogP contribution < -0.4 is 10.1 Å². The molecule has 0 bridgehead atoms. The molecule has 2 N–H and O–H groups in total. The van der Waals surface area contributed by atoms with Crippen molar-refractivity contribution in [2.75, 3.05) is 5.32 Å². The first-order valence-corrected chi connectivity index (χ1v) is 8.12. The number of hydrogen-bond acceptors (Lipinski definition) is 6. The highest BCUT2D eigenvalue weighted by molar-refractivity contribution is 5.95. The van der Waals surface area contributed by atoms with E-state index in [1.54, 1.807) is 18.3 Å². The Balaban J connectivity index is 1.81. The summed E-state index contributed by atoms with van der Waals surface area (Å²) in [6.07, 6.45) is 1.68. The zero-order valence-electron chi connectivity index (χ0n) is 14.0. The maximum Gasteiger partial charge on any atom is 0.326 e. The van der Waals surface area contributed by atoms with Crippen LogP contribution in [-0.2, 0) is 0 Å². The Hall–Kier alpha value is -3.67. The van der Waals surface area contributed by atoms with Crippen LogP contribution in [0, 0.1) is 6.92 Å². The molecule has 0 unspecified atom stereocenters. The Morgan fingerprint density at radius 2 is 1.62 bits per heavy atom. The summed E-state index contributed by atoms with van der Waals surface area (Å²) in [4.78, 5) is 13.0. The van der Waals surface area contributed by atoms with E-state index >= 15 is 0 Å². The Morgan fingerprint density at radius 1 is 0.923 bits per heavy atom. The van der Waals surface area contributed by atoms with E-state index in [1.807, 2.05) is 55.5 Å². The zero-order valence-corrected chi connectivity index (χ0v) is 14.0. The fourth-order valence-corrected chi connectivity index (χ4v) is 2.64. The number of nitrogens with zero attached hydrogens (tertiary/aromatic N) is 3. The molecule has 0 saturated carbocycles. The SMILES string of the molecule is Cc1cnc(Nc2ccccc2)c2nc(Oc3ccccc3)nc(O)c12. The maximum atomic E-state index is 10.4. The van der Waals surface area contributed by atoms with Crippen LogP contribution in [0.1, 0.15) is 5.56 Å². The summed E-state index contributed by atoms with van der Waals surface area (Å²) in [5, 5.41) is 14.2. The molecule has 0 saturated heterocycles. The van der Waals surface area contributed by atoms with Crippen LogP contribution in [0.4, 0.5) is 11.5 Å². The van der Waals surface area contributed by atoms with Crippen LogP contribution in [0.3, 0.4) is 0 Å². The van der Waals surface area contributed by atoms with E-state index in [0.29, 0.717) is 22.5 Å². The van der Waals surface area contributed by atoms with Crippen molar-refractivity contribution in [1.29, 1.82) is 0 Å². The topological polar surface area (TPSA) is 80.2 Å². The summed E-state index contributed by atoms with van der Waals surface area (Å²) in [6.45, 7) is 1.85. The molecule has 2 aromatic heterocycles. The van der Waals surface area contributed by atoms with E-state index in [1.165, 1.54) is 0 Å². The van der Waals surface area contributed by atoms with Crippen molar-refractivity contribution < 1.29 is 9.84 Å². The molecule has 6 heteroatoms. The number of hydrogen-bond donors (Lipinski definition) is 2. The molecular weight excluding hydrogens is 328 g/mol. The van der Waals surface area contributed by atoms with Gasteiger partial charge in [0.05, 0.1) is 5.39 Å². The zero-order chi connectivity index (χ0) is 17.9. The fourth-order valence-electron chi connectivity index (χ4n) is 2.64. The van der Waals surface area contributed by atoms with Crippen LogP contribution in [0.5, 0.6) is 17.6 Å². The first-order valence-electron chi connectivity index (χ1n) is 8.12. The minimum absolute atomic E-state index is 0.0599. The molecule has 4 rings (SSSR count). The van der Waals surface area contributed by atoms with Crippen LogP contribution in [0.25, 0.3) is 10.9 Å². The van der Waals surface area contributed by atoms with E-state index in [-0.39, 0.29) is 11.9 Å². The Morgan fingerprint density at radius 3 is 2.35 bits per heavy atom. The van der Waals surface area contributed by atoms with Gasteiger partial charge in [0.25, 0.3) is 0 Å². The van der Waals surface area contributed by atoms with Gasteiger partial charge in [-0.25, -0.2) is 4.98 Å². The highest BCUT2D eigenvalue weighted by Gasteiger charge is 2.15. The Kier molecular flexibility index (Phi) is 4.07. The predicted molar refractivity (Wildman–Crippen MR) is 100.0 cm³/mol. The summed E-state index contributed by atoms with van der Waals surface area (Å²) in [5.74, 6) is 0.966. The van der Waals surface area contributed by atoms with Gasteiger partial charge in [0.15, 0.2) is 5.82 Å². The smallest absolute Gasteiger partial charge is 0.326 e. The molecule has 0 atom stereocenters. The molecule has 6 nitrogen and oxygen atoms in total. The highest BCUT2D eigenvalue weighted by Crippen LogP contribution is 2.32. The second-order valence-corrected chi connectivity index (χ2v) is 5.75. The van der Waals surface area contributed by atoms with Crippen LogP contribution in [0.15, 0.2) is 66.9 Å². The lowest BCUT2D eigenvalue weighted by Gasteiger charge is -2.12. The predicted octanol–water partition coefficient (Wildman–Crippen LogP) is 4.57. The van der Waals surface area contributed by atoms with Crippen LogP contribution >= 0.6 is 0 Å². The Labute approximate surface area is 150 Å². The van der Waals surface area contributed by atoms with Crippen molar-refractivity contribution in [3.05, 3.63) is 72.4 Å². The molecular formula is C20H16N4O2. The first-order chi connectivity index (χ1) is 12.7. The molecule has 0 aliphatic carbocycles. The summed E-state index contributed by atoms with van der Waals surface area (Å²) in [6, 6.07) is 18.9. The quantitative estimate of drug-likeness (QED) is 0.564. The number of aromatic nitrogens is 3. The van der Waals surface area contributed by atoms with Crippen LogP contribution in [-0.4, -0.2) is 20.1 Å². The molecule has 0 aliphatic rings. The number of aromatic hydroxyl groups is 1. The van der Waals surface area contributed by atoms with Crippen molar-refractivity contribution in [3.8, 4) is 17.6 Å². The normalized spacial score (nSPS) is 10.7. The molecule has 2 aromatic carbocycles. The average molecular weight is 344 g/mol. The lowest BCUT2D eigenvalue weighted by molar-refractivity contribution is 0.412. The third-order valence-corrected chi connectivity index (χ3v) is 3.86. The second kappa shape index (κ2) is 6.68. The van der Waals surface area contributed by atoms with Crippen molar-refractivity contribution in [2.45, 2.75) is 6.92 Å². The Bertz CT molecular complexity index is 1050. The molecule has 2 heterocycles. The number of para-hydroxylation sites is 2. The number of aryl methyl sites for hydroxylation is 1. The van der Waals surface area contributed by atoms with Gasteiger partial charge in [-0.1, -0.05) is 36.4 Å². The van der Waals surface area contributed by atoms with Crippen molar-refractivity contribution in [2.24, 2.45) is 0 Å². The van der Waals surface area contributed by atoms with Gasteiger partial charge >= 0.3 is 6.01 Å². The fraction of sp³-hybridized carbons (Fsp3) is 0.0500. The van der Waals surface area contributed by atoms with Gasteiger partial charge in [0.2, 0.25) is 5.88 Å². The molecule has 0 radical (unpaired) electrons. The molecule has 0 spiro atoms. The van der Waals surface area contributed by atoms with E-state index in [2.05, 4.69) is 20.3 Å². The molecule has 26 heavy (non-hydrogen) atoms. The van der Waals surface area contributed by atoms with E-state index in [9.17, 15) is 5.11 Å². The van der Waals surface area contributed by atoms with Gasteiger partial charge in [-0.05, 0) is 36.8 Å². The first kappa shape index (κ1) is 15.8. The number of ether oxygens (including phenoxy) is 1. The second-order valence-electron chi connectivity index (χ2n) is 5.75. The third kappa shape index (κ3) is 3.12. The summed E-state index contributed by atoms with van der Waals surface area (Å²) < 4.78 is 5.67. The van der Waals surface area contributed by atoms with E-state index in [0.717, 1.165) is 11.3 Å². The molecule has 0 aliphatic heterocycles. The number of anilines is 2. The molecule has 4 aromatic rings. The molecule has 0 amide bonds. The maximum absolute atomic E-state index is 10.4. The summed E-state index contributed by atoms with van der Waals surface area (Å²) in [7, 11) is 0. The van der Waals surface area contributed by atoms with Gasteiger partial charge in [0, 0.05) is 11.9 Å². The highest BCUT2D eigenvalue weighted by atomic mass is 16.5. The molecule has 128 valence electrons.